The van der Waals surface area contributed by atoms with E-state index >= 15 is 0 Å². The molecule has 0 fully saturated rings. The van der Waals surface area contributed by atoms with Gasteiger partial charge in [0.15, 0.2) is 5.58 Å². The lowest BCUT2D eigenvalue weighted by Crippen LogP contribution is -2.36. The second-order valence-electron chi connectivity index (χ2n) is 6.89. The second-order valence-corrected chi connectivity index (χ2v) is 6.89. The van der Waals surface area contributed by atoms with Crippen molar-refractivity contribution in [2.75, 3.05) is 11.9 Å². The Morgan fingerprint density at radius 2 is 1.96 bits per heavy atom. The fourth-order valence-electron chi connectivity index (χ4n) is 3.89. The van der Waals surface area contributed by atoms with Gasteiger partial charge in [0.2, 0.25) is 0 Å². The van der Waals surface area contributed by atoms with Gasteiger partial charge < -0.3 is 14.3 Å². The van der Waals surface area contributed by atoms with E-state index < -0.39 is 0 Å². The zero-order valence-corrected chi connectivity index (χ0v) is 14.2. The van der Waals surface area contributed by atoms with Crippen LogP contribution in [0.1, 0.15) is 17.7 Å². The van der Waals surface area contributed by atoms with Gasteiger partial charge in [0.1, 0.15) is 17.2 Å². The van der Waals surface area contributed by atoms with Crippen molar-refractivity contribution in [3.63, 3.8) is 0 Å². The van der Waals surface area contributed by atoms with Gasteiger partial charge in [-0.3, -0.25) is 0 Å². The molecule has 0 saturated heterocycles. The van der Waals surface area contributed by atoms with E-state index in [-0.39, 0.29) is 17.7 Å². The van der Waals surface area contributed by atoms with Crippen LogP contribution in [-0.4, -0.2) is 23.1 Å². The summed E-state index contributed by atoms with van der Waals surface area (Å²) in [6, 6.07) is 9.86. The van der Waals surface area contributed by atoms with E-state index in [4.69, 9.17) is 4.42 Å². The third-order valence-electron chi connectivity index (χ3n) is 5.31. The van der Waals surface area contributed by atoms with Crippen LogP contribution in [0.2, 0.25) is 0 Å². The van der Waals surface area contributed by atoms with Crippen molar-refractivity contribution in [1.82, 2.24) is 9.97 Å². The van der Waals surface area contributed by atoms with Gasteiger partial charge in [0.25, 0.3) is 6.01 Å². The molecule has 132 valence electrons. The quantitative estimate of drug-likeness (QED) is 0.574. The van der Waals surface area contributed by atoms with Crippen LogP contribution in [0.25, 0.3) is 22.0 Å². The van der Waals surface area contributed by atoms with Crippen LogP contribution in [0.4, 0.5) is 14.8 Å². The topological polar surface area (TPSA) is 45.1 Å². The fourth-order valence-corrected chi connectivity index (χ4v) is 3.89. The molecule has 2 aromatic heterocycles. The number of H-pyrrole nitrogens is 1. The Labute approximate surface area is 148 Å². The Morgan fingerprint density at radius 3 is 2.85 bits per heavy atom. The number of benzene rings is 2. The van der Waals surface area contributed by atoms with Crippen LogP contribution in [0.15, 0.2) is 40.8 Å². The number of anilines is 1. The first-order chi connectivity index (χ1) is 12.6. The molecule has 1 aliphatic rings. The molecule has 0 bridgehead atoms. The number of nitrogens with one attached hydrogen (secondary N) is 1. The molecule has 1 unspecified atom stereocenters. The maximum Gasteiger partial charge on any atom is 0.298 e. The van der Waals surface area contributed by atoms with Crippen LogP contribution in [0, 0.1) is 11.6 Å². The molecule has 2 heterocycles. The average Bonchev–Trinajstić information content (AvgIpc) is 3.21. The second kappa shape index (κ2) is 5.56. The molecule has 0 aliphatic heterocycles. The van der Waals surface area contributed by atoms with Gasteiger partial charge in [-0.15, -0.1) is 0 Å². The third-order valence-corrected chi connectivity index (χ3v) is 5.31. The Morgan fingerprint density at radius 1 is 1.15 bits per heavy atom. The minimum Gasteiger partial charge on any atom is -0.423 e. The summed E-state index contributed by atoms with van der Waals surface area (Å²) in [5.41, 5.74) is 4.38. The van der Waals surface area contributed by atoms with Crippen molar-refractivity contribution < 1.29 is 13.2 Å². The molecule has 2 aromatic carbocycles. The number of hydrogen-bond donors (Lipinski definition) is 1. The van der Waals surface area contributed by atoms with Crippen LogP contribution in [0.5, 0.6) is 0 Å². The Bertz CT molecular complexity index is 1130. The van der Waals surface area contributed by atoms with Gasteiger partial charge in [-0.05, 0) is 55.2 Å². The number of rotatable bonds is 2. The zero-order valence-electron chi connectivity index (χ0n) is 14.2. The summed E-state index contributed by atoms with van der Waals surface area (Å²) in [5.74, 6) is -0.568. The van der Waals surface area contributed by atoms with E-state index in [9.17, 15) is 8.78 Å². The monoisotopic (exact) mass is 353 g/mol. The summed E-state index contributed by atoms with van der Waals surface area (Å²) in [7, 11) is 1.94. The highest BCUT2D eigenvalue weighted by atomic mass is 19.1. The van der Waals surface area contributed by atoms with Crippen molar-refractivity contribution in [3.8, 4) is 0 Å². The highest BCUT2D eigenvalue weighted by Crippen LogP contribution is 2.33. The lowest BCUT2D eigenvalue weighted by molar-refractivity contribution is 0.493. The van der Waals surface area contributed by atoms with E-state index in [1.54, 1.807) is 18.2 Å². The SMILES string of the molecule is CN(c1nc2ccc(F)cc2o1)C1CCc2[nH]c3ccc(F)cc3c2C1. The van der Waals surface area contributed by atoms with Crippen molar-refractivity contribution >= 4 is 28.0 Å². The number of nitrogens with zero attached hydrogens (tertiary/aromatic N) is 2. The van der Waals surface area contributed by atoms with Crippen molar-refractivity contribution in [2.24, 2.45) is 0 Å². The van der Waals surface area contributed by atoms with Crippen LogP contribution >= 0.6 is 0 Å². The largest absolute Gasteiger partial charge is 0.423 e. The molecule has 1 aliphatic carbocycles. The van der Waals surface area contributed by atoms with E-state index in [0.29, 0.717) is 17.1 Å². The van der Waals surface area contributed by atoms with Crippen LogP contribution in [0.3, 0.4) is 0 Å². The number of likely N-dealkylation sites (N-methyl/N-ethyl adjacent to an activating group) is 1. The Balaban J connectivity index is 1.49. The molecule has 0 spiro atoms. The number of halogens is 2. The number of aromatic amines is 1. The maximum absolute atomic E-state index is 13.7. The summed E-state index contributed by atoms with van der Waals surface area (Å²) < 4.78 is 32.8. The van der Waals surface area contributed by atoms with E-state index in [1.807, 2.05) is 11.9 Å². The number of fused-ring (bicyclic) bond motifs is 4. The molecule has 1 atom stereocenters. The summed E-state index contributed by atoms with van der Waals surface area (Å²) in [5, 5.41) is 0.942. The lowest BCUT2D eigenvalue weighted by Gasteiger charge is -2.30. The van der Waals surface area contributed by atoms with Gasteiger partial charge in [-0.1, -0.05) is 0 Å². The number of aryl methyl sites for hydroxylation is 1. The van der Waals surface area contributed by atoms with E-state index in [2.05, 4.69) is 9.97 Å². The first-order valence-corrected chi connectivity index (χ1v) is 8.66. The summed E-state index contributed by atoms with van der Waals surface area (Å²) in [6.07, 6.45) is 2.60. The highest BCUT2D eigenvalue weighted by Gasteiger charge is 2.27. The first kappa shape index (κ1) is 15.4. The normalized spacial score (nSPS) is 17.0. The van der Waals surface area contributed by atoms with Crippen molar-refractivity contribution in [2.45, 2.75) is 25.3 Å². The number of oxazole rings is 1. The van der Waals surface area contributed by atoms with Gasteiger partial charge in [-0.2, -0.15) is 4.98 Å². The number of hydrogen-bond acceptors (Lipinski definition) is 3. The minimum absolute atomic E-state index is 0.183. The molecule has 1 N–H and O–H groups in total. The summed E-state index contributed by atoms with van der Waals surface area (Å²) in [4.78, 5) is 9.88. The van der Waals surface area contributed by atoms with E-state index in [1.165, 1.54) is 23.9 Å². The van der Waals surface area contributed by atoms with Crippen molar-refractivity contribution in [1.29, 1.82) is 0 Å². The van der Waals surface area contributed by atoms with Crippen LogP contribution in [-0.2, 0) is 12.8 Å². The first-order valence-electron chi connectivity index (χ1n) is 8.66. The molecule has 5 rings (SSSR count). The third kappa shape index (κ3) is 2.36. The molecule has 4 aromatic rings. The molecular weight excluding hydrogens is 336 g/mol. The van der Waals surface area contributed by atoms with Gasteiger partial charge >= 0.3 is 0 Å². The van der Waals surface area contributed by atoms with E-state index in [0.717, 1.165) is 35.7 Å². The number of aromatic nitrogens is 2. The predicted molar refractivity (Wildman–Crippen MR) is 96.4 cm³/mol. The smallest absolute Gasteiger partial charge is 0.298 e. The lowest BCUT2D eigenvalue weighted by atomic mass is 9.91. The fraction of sp³-hybridized carbons (Fsp3) is 0.250. The molecule has 4 nitrogen and oxygen atoms in total. The highest BCUT2D eigenvalue weighted by molar-refractivity contribution is 5.85. The molecular formula is C20H17F2N3O. The van der Waals surface area contributed by atoms with Crippen LogP contribution < -0.4 is 4.90 Å². The Kier molecular flexibility index (Phi) is 3.29. The van der Waals surface area contributed by atoms with Gasteiger partial charge in [0, 0.05) is 35.8 Å². The molecule has 0 radical (unpaired) electrons. The average molecular weight is 353 g/mol. The predicted octanol–water partition coefficient (Wildman–Crippen LogP) is 4.58. The van der Waals surface area contributed by atoms with Gasteiger partial charge in [0.05, 0.1) is 0 Å². The molecule has 0 saturated carbocycles. The molecule has 6 heteroatoms. The zero-order chi connectivity index (χ0) is 17.8. The Hall–Kier alpha value is -2.89. The van der Waals surface area contributed by atoms with Gasteiger partial charge in [-0.25, -0.2) is 8.78 Å². The summed E-state index contributed by atoms with van der Waals surface area (Å²) in [6.45, 7) is 0. The summed E-state index contributed by atoms with van der Waals surface area (Å²) >= 11 is 0. The minimum atomic E-state index is -0.342. The molecule has 0 amide bonds. The van der Waals surface area contributed by atoms with Crippen molar-refractivity contribution in [3.05, 3.63) is 59.3 Å². The maximum atomic E-state index is 13.7. The molecule has 26 heavy (non-hydrogen) atoms. The standard InChI is InChI=1S/C20H17F2N3O/c1-25(20-24-18-6-3-12(22)9-19(18)26-20)13-4-7-17-15(10-13)14-8-11(21)2-5-16(14)23-17/h2-3,5-6,8-9,13,23H,4,7,10H2,1H3.